The Hall–Kier alpha value is -5.36. The van der Waals surface area contributed by atoms with E-state index in [1.807, 2.05) is 26.8 Å². The van der Waals surface area contributed by atoms with Crippen LogP contribution in [0.5, 0.6) is 11.5 Å². The van der Waals surface area contributed by atoms with Gasteiger partial charge < -0.3 is 24.8 Å². The molecule has 2 saturated carbocycles. The second-order valence-electron chi connectivity index (χ2n) is 18.2. The number of ether oxygens (including phenoxy) is 2. The predicted molar refractivity (Wildman–Crippen MR) is 239 cm³/mol. The Kier molecular flexibility index (Phi) is 11.3. The van der Waals surface area contributed by atoms with Crippen molar-refractivity contribution in [1.29, 1.82) is 5.26 Å². The molecule has 62 heavy (non-hydrogen) atoms. The highest BCUT2D eigenvalue weighted by molar-refractivity contribution is 7.15. The molecule has 13 nitrogen and oxygen atoms in total. The van der Waals surface area contributed by atoms with Gasteiger partial charge in [-0.25, -0.2) is 0 Å². The summed E-state index contributed by atoms with van der Waals surface area (Å²) in [6.07, 6.45) is 7.96. The van der Waals surface area contributed by atoms with Gasteiger partial charge in [-0.05, 0) is 145 Å². The van der Waals surface area contributed by atoms with Crippen molar-refractivity contribution < 1.29 is 19.4 Å². The molecule has 4 aliphatic rings. The molecule has 0 bridgehead atoms. The molecule has 3 aromatic heterocycles. The number of aromatic nitrogens is 5. The molecular formula is C47H52ClN9O4S. The van der Waals surface area contributed by atoms with E-state index in [2.05, 4.69) is 79.4 Å². The highest BCUT2D eigenvalue weighted by Gasteiger charge is 2.47. The van der Waals surface area contributed by atoms with Gasteiger partial charge >= 0.3 is 0 Å². The van der Waals surface area contributed by atoms with E-state index in [9.17, 15) is 9.90 Å². The number of rotatable bonds is 10. The molecule has 2 aromatic carbocycles. The minimum Gasteiger partial charge on any atom is -0.490 e. The summed E-state index contributed by atoms with van der Waals surface area (Å²) < 4.78 is 14.8. The van der Waals surface area contributed by atoms with Crippen LogP contribution in [-0.4, -0.2) is 78.6 Å². The van der Waals surface area contributed by atoms with Gasteiger partial charge in [-0.1, -0.05) is 11.6 Å². The van der Waals surface area contributed by atoms with Crippen LogP contribution in [0, 0.1) is 37.5 Å². The number of piperidine rings is 1. The minimum atomic E-state index is -0.938. The fourth-order valence-corrected chi connectivity index (χ4v) is 11.0. The summed E-state index contributed by atoms with van der Waals surface area (Å²) >= 11 is 7.90. The Morgan fingerprint density at radius 1 is 0.952 bits per heavy atom. The smallest absolute Gasteiger partial charge is 0.272 e. The molecule has 2 aliphatic carbocycles. The maximum absolute atomic E-state index is 13.1. The number of anilines is 1. The first-order chi connectivity index (χ1) is 29.7. The zero-order chi connectivity index (χ0) is 43.3. The van der Waals surface area contributed by atoms with E-state index in [4.69, 9.17) is 31.3 Å². The second-order valence-corrected chi connectivity index (χ2v) is 19.8. The van der Waals surface area contributed by atoms with Gasteiger partial charge in [0.25, 0.3) is 5.91 Å². The van der Waals surface area contributed by atoms with Crippen molar-refractivity contribution in [2.75, 3.05) is 18.0 Å². The van der Waals surface area contributed by atoms with Crippen molar-refractivity contribution in [3.05, 3.63) is 104 Å². The Bertz CT molecular complexity index is 2530. The molecule has 2 N–H and O–H groups in total. The van der Waals surface area contributed by atoms with Crippen molar-refractivity contribution >= 4 is 40.4 Å². The number of nitrogens with one attached hydrogen (secondary N) is 1. The summed E-state index contributed by atoms with van der Waals surface area (Å²) in [4.78, 5) is 21.9. The molecule has 3 fully saturated rings. The fraction of sp³-hybridized carbons (Fsp3) is 0.468. The lowest BCUT2D eigenvalue weighted by Crippen LogP contribution is -2.51. The van der Waals surface area contributed by atoms with Crippen LogP contribution >= 0.6 is 22.9 Å². The third-order valence-corrected chi connectivity index (χ3v) is 14.6. The molecule has 0 unspecified atom stereocenters. The van der Waals surface area contributed by atoms with Crippen molar-refractivity contribution in [3.63, 3.8) is 0 Å². The van der Waals surface area contributed by atoms with Crippen molar-refractivity contribution in [2.45, 2.75) is 122 Å². The van der Waals surface area contributed by atoms with E-state index in [0.717, 1.165) is 110 Å². The number of hydrogen-bond donors (Lipinski definition) is 2. The van der Waals surface area contributed by atoms with Crippen LogP contribution in [0.25, 0.3) is 5.00 Å². The maximum atomic E-state index is 13.1. The van der Waals surface area contributed by atoms with Crippen molar-refractivity contribution in [2.24, 2.45) is 10.4 Å². The number of aryl methyl sites for hydroxylation is 2. The van der Waals surface area contributed by atoms with E-state index in [1.165, 1.54) is 10.4 Å². The number of carbonyl (C=O) groups excluding carboxylic acids is 1. The maximum Gasteiger partial charge on any atom is 0.272 e. The molecule has 0 radical (unpaired) electrons. The van der Waals surface area contributed by atoms with Crippen LogP contribution in [0.3, 0.4) is 0 Å². The summed E-state index contributed by atoms with van der Waals surface area (Å²) in [6.45, 7) is 11.7. The Morgan fingerprint density at radius 3 is 2.32 bits per heavy atom. The van der Waals surface area contributed by atoms with Crippen LogP contribution in [0.15, 0.2) is 59.6 Å². The van der Waals surface area contributed by atoms with Crippen LogP contribution in [0.1, 0.15) is 127 Å². The number of halogens is 1. The zero-order valence-electron chi connectivity index (χ0n) is 35.8. The summed E-state index contributed by atoms with van der Waals surface area (Å²) in [5.41, 5.74) is 4.25. The lowest BCUT2D eigenvalue weighted by Gasteiger charge is -2.51. The van der Waals surface area contributed by atoms with E-state index in [1.54, 1.807) is 35.6 Å². The molecule has 5 aromatic rings. The van der Waals surface area contributed by atoms with Gasteiger partial charge in [0.2, 0.25) is 0 Å². The van der Waals surface area contributed by atoms with E-state index in [0.29, 0.717) is 28.5 Å². The minimum absolute atomic E-state index is 0.0285. The zero-order valence-corrected chi connectivity index (χ0v) is 37.4. The van der Waals surface area contributed by atoms with E-state index in [-0.39, 0.29) is 35.6 Å². The first-order valence-corrected chi connectivity index (χ1v) is 22.8. The number of nitriles is 1. The number of benzene rings is 2. The number of fused-ring (bicyclic) bond motifs is 3. The Morgan fingerprint density at radius 2 is 1.66 bits per heavy atom. The second kappa shape index (κ2) is 16.7. The SMILES string of the molecule is Cc1sc2c(c1C)C(c1ccc(OC3CC4(CCN(c5ccc(C(=O)N[C@H]6CC[C@H](Oc7ccc(C#N)c(Cl)c7)CC6)nn5)CC4)C3)cc1)=N[C@@H](CC(C)(C)O)c1nnc(C)n1-2. The summed E-state index contributed by atoms with van der Waals surface area (Å²) in [5.74, 6) is 3.65. The van der Waals surface area contributed by atoms with Gasteiger partial charge in [0.05, 0.1) is 34.1 Å². The topological polar surface area (TPSA) is 164 Å². The van der Waals surface area contributed by atoms with Gasteiger partial charge in [0.15, 0.2) is 17.3 Å². The van der Waals surface area contributed by atoms with Gasteiger partial charge in [-0.3, -0.25) is 14.4 Å². The third kappa shape index (κ3) is 8.55. The number of amides is 1. The molecule has 15 heteroatoms. The quantitative estimate of drug-likeness (QED) is 0.139. The number of nitrogens with zero attached hydrogens (tertiary/aromatic N) is 8. The molecule has 2 aliphatic heterocycles. The Labute approximate surface area is 371 Å². The van der Waals surface area contributed by atoms with Crippen LogP contribution in [0.2, 0.25) is 5.02 Å². The van der Waals surface area contributed by atoms with E-state index < -0.39 is 5.60 Å². The van der Waals surface area contributed by atoms with Gasteiger partial charge in [0, 0.05) is 47.6 Å². The van der Waals surface area contributed by atoms with Gasteiger partial charge in [-0.15, -0.1) is 31.7 Å². The molecule has 5 heterocycles. The normalized spacial score (nSPS) is 20.9. The number of hydrogen-bond acceptors (Lipinski definition) is 12. The molecule has 1 spiro atoms. The monoisotopic (exact) mass is 873 g/mol. The predicted octanol–water partition coefficient (Wildman–Crippen LogP) is 8.57. The lowest BCUT2D eigenvalue weighted by molar-refractivity contribution is -0.0311. The molecule has 1 saturated heterocycles. The van der Waals surface area contributed by atoms with Crippen LogP contribution in [-0.2, 0) is 0 Å². The highest BCUT2D eigenvalue weighted by Crippen LogP contribution is 2.51. The average Bonchev–Trinajstić information content (AvgIpc) is 3.72. The van der Waals surface area contributed by atoms with E-state index >= 15 is 0 Å². The molecular weight excluding hydrogens is 822 g/mol. The number of aliphatic hydroxyl groups is 1. The van der Waals surface area contributed by atoms with Crippen LogP contribution < -0.4 is 19.7 Å². The first kappa shape index (κ1) is 42.0. The summed E-state index contributed by atoms with van der Waals surface area (Å²) in [5, 5.41) is 42.3. The standard InChI is InChI=1S/C47H52ClN9O4S/c1-27-28(2)62-45-41(27)42(51-39(25-46(4,5)59)43-55-52-29(3)57(43)45)30-6-11-33(12-7-30)61-36-23-47(24-36)18-20-56(21-19-47)40-17-16-38(53-54-40)44(58)50-32-9-14-34(15-10-32)60-35-13-8-31(26-49)37(48)22-35/h6-8,11-13,16-17,22,32,34,36,39,59H,9-10,14-15,18-21,23-25H2,1-5H3,(H,50,58)/t32-,34-,39-/m0/s1. The Balaban J connectivity index is 0.758. The van der Waals surface area contributed by atoms with Gasteiger partial charge in [0.1, 0.15) is 34.4 Å². The third-order valence-electron chi connectivity index (χ3n) is 13.1. The lowest BCUT2D eigenvalue weighted by atomic mass is 9.61. The molecule has 9 rings (SSSR count). The van der Waals surface area contributed by atoms with Gasteiger partial charge in [-0.2, -0.15) is 5.26 Å². The van der Waals surface area contributed by atoms with Crippen molar-refractivity contribution in [1.82, 2.24) is 30.3 Å². The number of carbonyl (C=O) groups is 1. The number of aliphatic imine (C=N–C) groups is 1. The molecule has 322 valence electrons. The van der Waals surface area contributed by atoms with Crippen LogP contribution in [0.4, 0.5) is 5.82 Å². The first-order valence-electron chi connectivity index (χ1n) is 21.6. The number of thiophene rings is 1. The summed E-state index contributed by atoms with van der Waals surface area (Å²) in [7, 11) is 0. The fourth-order valence-electron chi connectivity index (χ4n) is 9.54. The average molecular weight is 875 g/mol. The largest absolute Gasteiger partial charge is 0.490 e. The molecule has 1 amide bonds. The molecule has 1 atom stereocenters. The summed E-state index contributed by atoms with van der Waals surface area (Å²) in [6, 6.07) is 18.9. The highest BCUT2D eigenvalue weighted by atomic mass is 35.5. The van der Waals surface area contributed by atoms with Crippen molar-refractivity contribution in [3.8, 4) is 22.6 Å².